The Kier molecular flexibility index (Phi) is 7.51. The lowest BCUT2D eigenvalue weighted by atomic mass is 9.94. The third kappa shape index (κ3) is 4.73. The van der Waals surface area contributed by atoms with E-state index in [1.165, 1.54) is 25.9 Å². The Bertz CT molecular complexity index is 87.8. The van der Waals surface area contributed by atoms with Crippen LogP contribution in [0.15, 0.2) is 0 Å². The number of piperidine rings is 1. The van der Waals surface area contributed by atoms with Crippen LogP contribution in [0.5, 0.6) is 0 Å². The molecule has 1 N–H and O–H groups in total. The van der Waals surface area contributed by atoms with E-state index in [1.54, 1.807) is 0 Å². The molecular weight excluding hydrogens is 150 g/mol. The first-order valence-corrected chi connectivity index (χ1v) is 5.12. The van der Waals surface area contributed by atoms with Gasteiger partial charge in [-0.05, 0) is 45.3 Å². The van der Waals surface area contributed by atoms with Crippen molar-refractivity contribution in [1.82, 2.24) is 4.90 Å². The second-order valence-corrected chi connectivity index (χ2v) is 3.26. The van der Waals surface area contributed by atoms with E-state index >= 15 is 0 Å². The zero-order valence-electron chi connectivity index (χ0n) is 8.71. The van der Waals surface area contributed by atoms with Crippen molar-refractivity contribution in [2.24, 2.45) is 5.92 Å². The third-order valence-electron chi connectivity index (χ3n) is 2.38. The summed E-state index contributed by atoms with van der Waals surface area (Å²) in [5, 5.41) is 8.67. The monoisotopic (exact) mass is 173 g/mol. The van der Waals surface area contributed by atoms with Gasteiger partial charge in [0.2, 0.25) is 0 Å². The highest BCUT2D eigenvalue weighted by Crippen LogP contribution is 2.18. The lowest BCUT2D eigenvalue weighted by Crippen LogP contribution is -2.30. The van der Waals surface area contributed by atoms with Crippen molar-refractivity contribution >= 4 is 0 Å². The van der Waals surface area contributed by atoms with Gasteiger partial charge in [0.05, 0.1) is 0 Å². The number of rotatable bonds is 2. The molecule has 0 spiro atoms. The Morgan fingerprint density at radius 3 is 2.17 bits per heavy atom. The highest BCUT2D eigenvalue weighted by Gasteiger charge is 2.15. The van der Waals surface area contributed by atoms with E-state index in [2.05, 4.69) is 11.9 Å². The molecule has 0 unspecified atom stereocenters. The molecule has 1 fully saturated rings. The first-order valence-electron chi connectivity index (χ1n) is 5.12. The largest absolute Gasteiger partial charge is 0.396 e. The fourth-order valence-corrected chi connectivity index (χ4v) is 1.53. The molecule has 0 aromatic heterocycles. The fraction of sp³-hybridized carbons (Fsp3) is 1.00. The van der Waals surface area contributed by atoms with Gasteiger partial charge in [-0.1, -0.05) is 13.8 Å². The summed E-state index contributed by atoms with van der Waals surface area (Å²) in [6.07, 6.45) is 3.56. The van der Waals surface area contributed by atoms with Crippen LogP contribution in [0.25, 0.3) is 0 Å². The predicted molar refractivity (Wildman–Crippen MR) is 53.3 cm³/mol. The minimum Gasteiger partial charge on any atom is -0.396 e. The van der Waals surface area contributed by atoms with E-state index in [0.717, 1.165) is 12.3 Å². The van der Waals surface area contributed by atoms with E-state index < -0.39 is 0 Å². The Morgan fingerprint density at radius 2 is 1.75 bits per heavy atom. The van der Waals surface area contributed by atoms with Crippen LogP contribution < -0.4 is 0 Å². The zero-order chi connectivity index (χ0) is 9.40. The summed E-state index contributed by atoms with van der Waals surface area (Å²) in [5.74, 6) is 0.793. The van der Waals surface area contributed by atoms with Gasteiger partial charge in [0, 0.05) is 6.61 Å². The summed E-state index contributed by atoms with van der Waals surface area (Å²) in [4.78, 5) is 2.36. The molecule has 1 rings (SSSR count). The number of hydrogen-bond donors (Lipinski definition) is 1. The van der Waals surface area contributed by atoms with Crippen LogP contribution in [-0.2, 0) is 0 Å². The number of aliphatic hydroxyl groups is 1. The molecule has 0 aromatic rings. The van der Waals surface area contributed by atoms with E-state index in [0.29, 0.717) is 6.61 Å². The molecule has 0 bridgehead atoms. The van der Waals surface area contributed by atoms with Gasteiger partial charge in [-0.15, -0.1) is 0 Å². The lowest BCUT2D eigenvalue weighted by Gasteiger charge is -2.28. The Hall–Kier alpha value is -0.0800. The molecule has 1 saturated heterocycles. The van der Waals surface area contributed by atoms with Crippen molar-refractivity contribution < 1.29 is 5.11 Å². The molecule has 0 amide bonds. The molecule has 0 aromatic carbocycles. The standard InChI is InChI=1S/C8H17NO.C2H6/c1-9-5-2-8(3-6-9)4-7-10;1-2/h8,10H,2-7H2,1H3;1-2H3. The van der Waals surface area contributed by atoms with Crippen LogP contribution in [0.3, 0.4) is 0 Å². The molecular formula is C10H23NO. The Balaban J connectivity index is 0.000000561. The second kappa shape index (κ2) is 7.56. The van der Waals surface area contributed by atoms with Gasteiger partial charge < -0.3 is 10.0 Å². The maximum atomic E-state index is 8.67. The molecule has 0 radical (unpaired) electrons. The molecule has 0 saturated carbocycles. The van der Waals surface area contributed by atoms with Gasteiger partial charge in [0.25, 0.3) is 0 Å². The second-order valence-electron chi connectivity index (χ2n) is 3.26. The van der Waals surface area contributed by atoms with E-state index in [9.17, 15) is 0 Å². The first-order chi connectivity index (χ1) is 5.83. The zero-order valence-corrected chi connectivity index (χ0v) is 8.71. The predicted octanol–water partition coefficient (Wildman–Crippen LogP) is 1.74. The van der Waals surface area contributed by atoms with Crippen LogP contribution in [0.2, 0.25) is 0 Å². The molecule has 1 aliphatic heterocycles. The maximum absolute atomic E-state index is 8.67. The third-order valence-corrected chi connectivity index (χ3v) is 2.38. The van der Waals surface area contributed by atoms with Crippen LogP contribution in [-0.4, -0.2) is 36.8 Å². The average molecular weight is 173 g/mol. The van der Waals surface area contributed by atoms with E-state index in [4.69, 9.17) is 5.11 Å². The minimum atomic E-state index is 0.369. The quantitative estimate of drug-likeness (QED) is 0.687. The molecule has 2 heteroatoms. The van der Waals surface area contributed by atoms with Crippen molar-refractivity contribution in [3.8, 4) is 0 Å². The van der Waals surface area contributed by atoms with Crippen molar-refractivity contribution in [3.05, 3.63) is 0 Å². The topological polar surface area (TPSA) is 23.5 Å². The van der Waals surface area contributed by atoms with Gasteiger partial charge in [-0.25, -0.2) is 0 Å². The molecule has 0 aliphatic carbocycles. The molecule has 1 heterocycles. The van der Waals surface area contributed by atoms with E-state index in [-0.39, 0.29) is 0 Å². The summed E-state index contributed by atoms with van der Waals surface area (Å²) in [6.45, 7) is 6.80. The summed E-state index contributed by atoms with van der Waals surface area (Å²) >= 11 is 0. The molecule has 2 nitrogen and oxygen atoms in total. The number of hydrogen-bond acceptors (Lipinski definition) is 2. The smallest absolute Gasteiger partial charge is 0.0433 e. The number of likely N-dealkylation sites (tertiary alicyclic amines) is 1. The fourth-order valence-electron chi connectivity index (χ4n) is 1.53. The SMILES string of the molecule is CC.CN1CCC(CCO)CC1. The minimum absolute atomic E-state index is 0.369. The van der Waals surface area contributed by atoms with Gasteiger partial charge in [-0.2, -0.15) is 0 Å². The highest BCUT2D eigenvalue weighted by molar-refractivity contribution is 4.69. The maximum Gasteiger partial charge on any atom is 0.0433 e. The van der Waals surface area contributed by atoms with Crippen LogP contribution in [0.4, 0.5) is 0 Å². The van der Waals surface area contributed by atoms with Crippen molar-refractivity contribution in [1.29, 1.82) is 0 Å². The Morgan fingerprint density at radius 1 is 1.25 bits per heavy atom. The van der Waals surface area contributed by atoms with Gasteiger partial charge >= 0.3 is 0 Å². The van der Waals surface area contributed by atoms with Crippen LogP contribution in [0, 0.1) is 5.92 Å². The molecule has 74 valence electrons. The normalized spacial score (nSPS) is 20.0. The number of aliphatic hydroxyl groups excluding tert-OH is 1. The molecule has 12 heavy (non-hydrogen) atoms. The highest BCUT2D eigenvalue weighted by atomic mass is 16.3. The summed E-state index contributed by atoms with van der Waals surface area (Å²) < 4.78 is 0. The van der Waals surface area contributed by atoms with Gasteiger partial charge in [-0.3, -0.25) is 0 Å². The first kappa shape index (κ1) is 11.9. The molecule has 1 aliphatic rings. The summed E-state index contributed by atoms with van der Waals surface area (Å²) in [5.41, 5.74) is 0. The Labute approximate surface area is 76.6 Å². The van der Waals surface area contributed by atoms with Gasteiger partial charge in [0.15, 0.2) is 0 Å². The average Bonchev–Trinajstić information content (AvgIpc) is 2.13. The van der Waals surface area contributed by atoms with Crippen molar-refractivity contribution in [3.63, 3.8) is 0 Å². The van der Waals surface area contributed by atoms with E-state index in [1.807, 2.05) is 13.8 Å². The lowest BCUT2D eigenvalue weighted by molar-refractivity contribution is 0.180. The van der Waals surface area contributed by atoms with Crippen LogP contribution >= 0.6 is 0 Å². The summed E-state index contributed by atoms with van der Waals surface area (Å²) in [6, 6.07) is 0. The van der Waals surface area contributed by atoms with Crippen molar-refractivity contribution in [2.45, 2.75) is 33.1 Å². The van der Waals surface area contributed by atoms with Gasteiger partial charge in [0.1, 0.15) is 0 Å². The molecule has 0 atom stereocenters. The summed E-state index contributed by atoms with van der Waals surface area (Å²) in [7, 11) is 2.16. The van der Waals surface area contributed by atoms with Crippen molar-refractivity contribution in [2.75, 3.05) is 26.7 Å². The number of nitrogens with zero attached hydrogens (tertiary/aromatic N) is 1. The van der Waals surface area contributed by atoms with Crippen LogP contribution in [0.1, 0.15) is 33.1 Å².